The maximum absolute atomic E-state index is 12.6. The summed E-state index contributed by atoms with van der Waals surface area (Å²) >= 11 is 0. The molecule has 1 aromatic rings. The van der Waals surface area contributed by atoms with Gasteiger partial charge < -0.3 is 9.53 Å². The molecule has 5 heteroatoms. The van der Waals surface area contributed by atoms with Crippen LogP contribution in [-0.2, 0) is 26.2 Å². The highest BCUT2D eigenvalue weighted by Gasteiger charge is 2.62. The van der Waals surface area contributed by atoms with Crippen LogP contribution in [0.1, 0.15) is 37.3 Å². The predicted molar refractivity (Wildman–Crippen MR) is 87.9 cm³/mol. The fourth-order valence-corrected chi connectivity index (χ4v) is 3.22. The summed E-state index contributed by atoms with van der Waals surface area (Å²) in [6.45, 7) is 8.92. The van der Waals surface area contributed by atoms with E-state index in [9.17, 15) is 14.9 Å². The number of carbonyl (C=O) groups is 2. The molecule has 0 radical (unpaired) electrons. The fourth-order valence-electron chi connectivity index (χ4n) is 3.22. The highest BCUT2D eigenvalue weighted by Crippen LogP contribution is 2.51. The average molecular weight is 324 g/mol. The molecule has 1 saturated carbocycles. The Balaban J connectivity index is 2.44. The number of ether oxygens (including phenoxy) is 1. The summed E-state index contributed by atoms with van der Waals surface area (Å²) in [7, 11) is 1.29. The Labute approximate surface area is 142 Å². The van der Waals surface area contributed by atoms with Gasteiger partial charge in [0.1, 0.15) is 5.78 Å². The molecular weight excluding hydrogens is 304 g/mol. The normalized spacial score (nSPS) is 17.0. The molecule has 1 aliphatic rings. The summed E-state index contributed by atoms with van der Waals surface area (Å²) < 4.78 is 4.99. The second-order valence-corrected chi connectivity index (χ2v) is 6.19. The Hall–Kier alpha value is -2.66. The number of rotatable bonds is 7. The molecule has 124 valence electrons. The molecule has 0 heterocycles. The van der Waals surface area contributed by atoms with Crippen molar-refractivity contribution in [1.29, 1.82) is 5.26 Å². The lowest BCUT2D eigenvalue weighted by Crippen LogP contribution is -2.47. The molecule has 0 saturated heterocycles. The first kappa shape index (κ1) is 17.7. The van der Waals surface area contributed by atoms with Crippen LogP contribution in [0, 0.1) is 23.8 Å². The van der Waals surface area contributed by atoms with Crippen LogP contribution in [0.3, 0.4) is 0 Å². The van der Waals surface area contributed by atoms with E-state index < -0.39 is 17.4 Å². The largest absolute Gasteiger partial charge is 0.468 e. The zero-order valence-electron chi connectivity index (χ0n) is 13.9. The van der Waals surface area contributed by atoms with Gasteiger partial charge in [0, 0.05) is 6.42 Å². The molecule has 0 bridgehead atoms. The van der Waals surface area contributed by atoms with Crippen molar-refractivity contribution < 1.29 is 14.3 Å². The number of Topliss-reactive ketones (excluding diaryl/α,β-unsaturated/α-hetero) is 1. The van der Waals surface area contributed by atoms with Crippen LogP contribution in [0.4, 0.5) is 0 Å². The van der Waals surface area contributed by atoms with E-state index in [-0.39, 0.29) is 11.7 Å². The van der Waals surface area contributed by atoms with E-state index in [1.54, 1.807) is 19.1 Å². The van der Waals surface area contributed by atoms with Gasteiger partial charge in [0.25, 0.3) is 0 Å². The van der Waals surface area contributed by atoms with E-state index in [1.165, 1.54) is 7.11 Å². The van der Waals surface area contributed by atoms with E-state index >= 15 is 0 Å². The molecule has 2 unspecified atom stereocenters. The minimum atomic E-state index is -1.23. The Morgan fingerprint density at radius 3 is 2.46 bits per heavy atom. The van der Waals surface area contributed by atoms with Gasteiger partial charge >= 0.3 is 12.0 Å². The zero-order chi connectivity index (χ0) is 17.7. The van der Waals surface area contributed by atoms with Gasteiger partial charge in [-0.3, -0.25) is 9.64 Å². The highest BCUT2D eigenvalue weighted by molar-refractivity contribution is 5.86. The van der Waals surface area contributed by atoms with Gasteiger partial charge in [-0.25, -0.2) is 6.57 Å². The standard InChI is InChI=1S/C19H20N2O3/c1-13(22)4-5-14-6-8-15(9-7-14)19(16-10-11-16,18(23)24-3)17(12-20)21-2/h6-9,16-17H,4-5,10-11H2,1,3H3. The number of ketones is 1. The highest BCUT2D eigenvalue weighted by atomic mass is 16.5. The van der Waals surface area contributed by atoms with Gasteiger partial charge in [-0.1, -0.05) is 24.3 Å². The molecule has 0 aliphatic heterocycles. The quantitative estimate of drug-likeness (QED) is 0.571. The van der Waals surface area contributed by atoms with Crippen molar-refractivity contribution >= 4 is 11.8 Å². The SMILES string of the molecule is [C-]#[N+]C(C#N)C(C(=O)OC)(c1ccc(CCC(C)=O)cc1)C1CC1. The molecule has 0 amide bonds. The summed E-state index contributed by atoms with van der Waals surface area (Å²) in [4.78, 5) is 27.1. The van der Waals surface area contributed by atoms with Gasteiger partial charge in [0.15, 0.2) is 11.5 Å². The van der Waals surface area contributed by atoms with Gasteiger partial charge in [0.2, 0.25) is 0 Å². The predicted octanol–water partition coefficient (Wildman–Crippen LogP) is 2.84. The van der Waals surface area contributed by atoms with Crippen LogP contribution in [0.2, 0.25) is 0 Å². The second-order valence-electron chi connectivity index (χ2n) is 6.19. The summed E-state index contributed by atoms with van der Waals surface area (Å²) in [5.41, 5.74) is 0.399. The molecule has 24 heavy (non-hydrogen) atoms. The number of carbonyl (C=O) groups excluding carboxylic acids is 2. The summed E-state index contributed by atoms with van der Waals surface area (Å²) in [6, 6.07) is 8.17. The summed E-state index contributed by atoms with van der Waals surface area (Å²) in [5, 5.41) is 9.43. The Kier molecular flexibility index (Phi) is 5.36. The minimum Gasteiger partial charge on any atom is -0.468 e. The number of nitrogens with zero attached hydrogens (tertiary/aromatic N) is 2. The third-order valence-electron chi connectivity index (χ3n) is 4.62. The molecule has 0 aromatic heterocycles. The Bertz CT molecular complexity index is 694. The Morgan fingerprint density at radius 1 is 1.42 bits per heavy atom. The van der Waals surface area contributed by atoms with Crippen molar-refractivity contribution in [3.8, 4) is 6.07 Å². The van der Waals surface area contributed by atoms with Crippen molar-refractivity contribution in [1.82, 2.24) is 0 Å². The molecule has 1 aromatic carbocycles. The molecule has 0 N–H and O–H groups in total. The first-order valence-corrected chi connectivity index (χ1v) is 7.94. The molecule has 2 atom stereocenters. The topological polar surface area (TPSA) is 71.5 Å². The van der Waals surface area contributed by atoms with E-state index in [0.717, 1.165) is 18.4 Å². The molecular formula is C19H20N2O3. The van der Waals surface area contributed by atoms with E-state index in [4.69, 9.17) is 11.3 Å². The smallest absolute Gasteiger partial charge is 0.327 e. The van der Waals surface area contributed by atoms with Crippen LogP contribution in [0.5, 0.6) is 0 Å². The first-order chi connectivity index (χ1) is 11.5. The van der Waals surface area contributed by atoms with Crippen LogP contribution in [0.25, 0.3) is 4.85 Å². The molecule has 1 aliphatic carbocycles. The summed E-state index contributed by atoms with van der Waals surface area (Å²) in [5.74, 6) is -0.450. The number of hydrogen-bond donors (Lipinski definition) is 0. The van der Waals surface area contributed by atoms with Gasteiger partial charge in [-0.05, 0) is 43.2 Å². The van der Waals surface area contributed by atoms with Crippen molar-refractivity contribution in [2.45, 2.75) is 44.1 Å². The minimum absolute atomic E-state index is 0.0493. The zero-order valence-corrected chi connectivity index (χ0v) is 13.9. The van der Waals surface area contributed by atoms with E-state index in [1.807, 2.05) is 18.2 Å². The van der Waals surface area contributed by atoms with Gasteiger partial charge in [0.05, 0.1) is 7.11 Å². The van der Waals surface area contributed by atoms with Gasteiger partial charge in [-0.15, -0.1) is 0 Å². The van der Waals surface area contributed by atoms with Crippen molar-refractivity contribution in [3.05, 3.63) is 46.8 Å². The lowest BCUT2D eigenvalue weighted by Gasteiger charge is -2.29. The third-order valence-corrected chi connectivity index (χ3v) is 4.62. The molecule has 1 fully saturated rings. The third kappa shape index (κ3) is 3.16. The second kappa shape index (κ2) is 7.27. The lowest BCUT2D eigenvalue weighted by molar-refractivity contribution is -0.148. The van der Waals surface area contributed by atoms with Crippen LogP contribution >= 0.6 is 0 Å². The number of aryl methyl sites for hydroxylation is 1. The van der Waals surface area contributed by atoms with E-state index in [2.05, 4.69) is 4.85 Å². The maximum atomic E-state index is 12.6. The number of benzene rings is 1. The number of esters is 1. The number of methoxy groups -OCH3 is 1. The summed E-state index contributed by atoms with van der Waals surface area (Å²) in [6.07, 6.45) is 2.70. The van der Waals surface area contributed by atoms with Crippen molar-refractivity contribution in [2.75, 3.05) is 7.11 Å². The van der Waals surface area contributed by atoms with Crippen LogP contribution in [-0.4, -0.2) is 24.9 Å². The molecule has 2 rings (SSSR count). The first-order valence-electron chi connectivity index (χ1n) is 7.94. The Morgan fingerprint density at radius 2 is 2.04 bits per heavy atom. The van der Waals surface area contributed by atoms with Gasteiger partial charge in [-0.2, -0.15) is 5.26 Å². The fraction of sp³-hybridized carbons (Fsp3) is 0.474. The number of hydrogen-bond acceptors (Lipinski definition) is 4. The van der Waals surface area contributed by atoms with Crippen LogP contribution < -0.4 is 0 Å². The molecule has 5 nitrogen and oxygen atoms in total. The maximum Gasteiger partial charge on any atom is 0.327 e. The molecule has 0 spiro atoms. The van der Waals surface area contributed by atoms with E-state index in [0.29, 0.717) is 18.4 Å². The average Bonchev–Trinajstić information content (AvgIpc) is 3.43. The lowest BCUT2D eigenvalue weighted by atomic mass is 9.70. The van der Waals surface area contributed by atoms with Crippen LogP contribution in [0.15, 0.2) is 24.3 Å². The number of nitriles is 1. The van der Waals surface area contributed by atoms with Crippen molar-refractivity contribution in [3.63, 3.8) is 0 Å². The van der Waals surface area contributed by atoms with Crippen molar-refractivity contribution in [2.24, 2.45) is 5.92 Å². The monoisotopic (exact) mass is 324 g/mol.